The molecular formula is C13H14N2O5. The minimum absolute atomic E-state index is 0.00444. The van der Waals surface area contributed by atoms with Gasteiger partial charge in [0.25, 0.3) is 5.56 Å². The molecule has 0 saturated carbocycles. The van der Waals surface area contributed by atoms with Gasteiger partial charge in [0, 0.05) is 5.39 Å². The number of ether oxygens (including phenoxy) is 2. The highest BCUT2D eigenvalue weighted by atomic mass is 16.5. The van der Waals surface area contributed by atoms with Crippen LogP contribution in [0, 0.1) is 0 Å². The van der Waals surface area contributed by atoms with Gasteiger partial charge in [0.15, 0.2) is 11.5 Å². The van der Waals surface area contributed by atoms with Crippen molar-refractivity contribution in [2.45, 2.75) is 13.0 Å². The third kappa shape index (κ3) is 2.42. The van der Waals surface area contributed by atoms with Gasteiger partial charge in [0.05, 0.1) is 38.8 Å². The van der Waals surface area contributed by atoms with Gasteiger partial charge < -0.3 is 14.6 Å². The molecule has 1 aromatic carbocycles. The Morgan fingerprint density at radius 1 is 1.35 bits per heavy atom. The van der Waals surface area contributed by atoms with Gasteiger partial charge in [-0.15, -0.1) is 0 Å². The Bertz CT molecular complexity index is 708. The molecule has 0 atom stereocenters. The molecule has 1 aromatic heterocycles. The molecule has 20 heavy (non-hydrogen) atoms. The molecular weight excluding hydrogens is 264 g/mol. The van der Waals surface area contributed by atoms with Crippen LogP contribution in [0.4, 0.5) is 0 Å². The number of hydrogen-bond donors (Lipinski definition) is 1. The van der Waals surface area contributed by atoms with Gasteiger partial charge in [0.1, 0.15) is 0 Å². The molecule has 2 aromatic rings. The molecule has 1 N–H and O–H groups in total. The zero-order valence-corrected chi connectivity index (χ0v) is 11.1. The van der Waals surface area contributed by atoms with Crippen LogP contribution in [-0.4, -0.2) is 35.1 Å². The fraction of sp³-hybridized carbons (Fsp3) is 0.308. The summed E-state index contributed by atoms with van der Waals surface area (Å²) in [7, 11) is 2.92. The summed E-state index contributed by atoms with van der Waals surface area (Å²) >= 11 is 0. The second kappa shape index (κ2) is 5.60. The van der Waals surface area contributed by atoms with Crippen molar-refractivity contribution in [1.82, 2.24) is 9.78 Å². The van der Waals surface area contributed by atoms with Crippen LogP contribution >= 0.6 is 0 Å². The number of hydrogen-bond acceptors (Lipinski definition) is 5. The maximum atomic E-state index is 12.4. The van der Waals surface area contributed by atoms with E-state index in [9.17, 15) is 9.59 Å². The van der Waals surface area contributed by atoms with E-state index in [-0.39, 0.29) is 13.0 Å². The molecule has 106 valence electrons. The van der Waals surface area contributed by atoms with Gasteiger partial charge in [-0.25, -0.2) is 4.68 Å². The molecule has 2 rings (SSSR count). The van der Waals surface area contributed by atoms with Crippen molar-refractivity contribution in [2.24, 2.45) is 0 Å². The maximum absolute atomic E-state index is 12.4. The van der Waals surface area contributed by atoms with Crippen molar-refractivity contribution >= 4 is 16.7 Å². The molecule has 0 aliphatic heterocycles. The molecule has 0 radical (unpaired) electrons. The summed E-state index contributed by atoms with van der Waals surface area (Å²) in [6.45, 7) is 0.00444. The number of fused-ring (bicyclic) bond motifs is 1. The van der Waals surface area contributed by atoms with E-state index < -0.39 is 11.5 Å². The molecule has 0 spiro atoms. The number of rotatable bonds is 5. The SMILES string of the molecule is COc1ccc2cnn(CCC(=O)O)c(=O)c2c1OC. The van der Waals surface area contributed by atoms with Gasteiger partial charge in [-0.3, -0.25) is 9.59 Å². The van der Waals surface area contributed by atoms with Crippen molar-refractivity contribution < 1.29 is 19.4 Å². The Balaban J connectivity index is 2.63. The smallest absolute Gasteiger partial charge is 0.305 e. The first-order valence-corrected chi connectivity index (χ1v) is 5.91. The molecule has 7 heteroatoms. The Hall–Kier alpha value is -2.57. The second-order valence-corrected chi connectivity index (χ2v) is 4.08. The average Bonchev–Trinajstić information content (AvgIpc) is 2.45. The van der Waals surface area contributed by atoms with E-state index in [0.717, 1.165) is 4.68 Å². The minimum atomic E-state index is -0.989. The molecule has 0 fully saturated rings. The third-order valence-electron chi connectivity index (χ3n) is 2.90. The van der Waals surface area contributed by atoms with Crippen LogP contribution in [0.3, 0.4) is 0 Å². The lowest BCUT2D eigenvalue weighted by atomic mass is 10.1. The van der Waals surface area contributed by atoms with Crippen molar-refractivity contribution in [3.05, 3.63) is 28.7 Å². The van der Waals surface area contributed by atoms with Crippen LogP contribution in [0.25, 0.3) is 10.8 Å². The van der Waals surface area contributed by atoms with Gasteiger partial charge in [-0.2, -0.15) is 5.10 Å². The van der Waals surface area contributed by atoms with E-state index >= 15 is 0 Å². The number of carbonyl (C=O) groups is 1. The fourth-order valence-electron chi connectivity index (χ4n) is 1.94. The summed E-state index contributed by atoms with van der Waals surface area (Å²) in [5.74, 6) is -0.231. The van der Waals surface area contributed by atoms with Crippen LogP contribution < -0.4 is 15.0 Å². The lowest BCUT2D eigenvalue weighted by Crippen LogP contribution is -2.24. The molecule has 0 bridgehead atoms. The van der Waals surface area contributed by atoms with Gasteiger partial charge >= 0.3 is 5.97 Å². The normalized spacial score (nSPS) is 10.5. The summed E-state index contributed by atoms with van der Waals surface area (Å²) in [5.41, 5.74) is -0.403. The Kier molecular flexibility index (Phi) is 3.88. The van der Waals surface area contributed by atoms with Gasteiger partial charge in [-0.05, 0) is 12.1 Å². The summed E-state index contributed by atoms with van der Waals surface area (Å²) in [6, 6.07) is 3.39. The predicted octanol–water partition coefficient (Wildman–Crippen LogP) is 0.888. The van der Waals surface area contributed by atoms with Crippen molar-refractivity contribution in [3.8, 4) is 11.5 Å². The highest BCUT2D eigenvalue weighted by Gasteiger charge is 2.14. The number of aryl methyl sites for hydroxylation is 1. The number of nitrogens with zero attached hydrogens (tertiary/aromatic N) is 2. The number of methoxy groups -OCH3 is 2. The zero-order chi connectivity index (χ0) is 14.7. The van der Waals surface area contributed by atoms with Crippen molar-refractivity contribution in [3.63, 3.8) is 0 Å². The van der Waals surface area contributed by atoms with E-state index in [4.69, 9.17) is 14.6 Å². The largest absolute Gasteiger partial charge is 0.493 e. The number of benzene rings is 1. The Morgan fingerprint density at radius 3 is 2.70 bits per heavy atom. The Morgan fingerprint density at radius 2 is 2.10 bits per heavy atom. The highest BCUT2D eigenvalue weighted by molar-refractivity contribution is 5.89. The molecule has 0 saturated heterocycles. The quantitative estimate of drug-likeness (QED) is 0.873. The molecule has 0 aliphatic carbocycles. The summed E-state index contributed by atoms with van der Waals surface area (Å²) in [5, 5.41) is 13.6. The van der Waals surface area contributed by atoms with E-state index in [0.29, 0.717) is 22.3 Å². The van der Waals surface area contributed by atoms with Crippen LogP contribution in [-0.2, 0) is 11.3 Å². The maximum Gasteiger partial charge on any atom is 0.305 e. The third-order valence-corrected chi connectivity index (χ3v) is 2.90. The number of carboxylic acid groups (broad SMARTS) is 1. The average molecular weight is 278 g/mol. The monoisotopic (exact) mass is 278 g/mol. The lowest BCUT2D eigenvalue weighted by molar-refractivity contribution is -0.137. The first-order chi connectivity index (χ1) is 9.58. The first-order valence-electron chi connectivity index (χ1n) is 5.91. The molecule has 1 heterocycles. The van der Waals surface area contributed by atoms with Crippen LogP contribution in [0.2, 0.25) is 0 Å². The van der Waals surface area contributed by atoms with E-state index in [1.54, 1.807) is 12.1 Å². The standard InChI is InChI=1S/C13H14N2O5/c1-19-9-4-3-8-7-14-15(6-5-10(16)17)13(18)11(8)12(9)20-2/h3-4,7H,5-6H2,1-2H3,(H,16,17). The lowest BCUT2D eigenvalue weighted by Gasteiger charge is -2.11. The van der Waals surface area contributed by atoms with Crippen LogP contribution in [0.1, 0.15) is 6.42 Å². The molecule has 0 aliphatic rings. The van der Waals surface area contributed by atoms with Crippen LogP contribution in [0.15, 0.2) is 23.1 Å². The number of carboxylic acids is 1. The predicted molar refractivity (Wildman–Crippen MR) is 71.4 cm³/mol. The fourth-order valence-corrected chi connectivity index (χ4v) is 1.94. The van der Waals surface area contributed by atoms with Crippen molar-refractivity contribution in [1.29, 1.82) is 0 Å². The van der Waals surface area contributed by atoms with Gasteiger partial charge in [-0.1, -0.05) is 0 Å². The zero-order valence-electron chi connectivity index (χ0n) is 11.1. The topological polar surface area (TPSA) is 90.7 Å². The van der Waals surface area contributed by atoms with Crippen molar-refractivity contribution in [2.75, 3.05) is 14.2 Å². The first kappa shape index (κ1) is 13.9. The minimum Gasteiger partial charge on any atom is -0.493 e. The van der Waals surface area contributed by atoms with E-state index in [1.165, 1.54) is 20.4 Å². The number of aliphatic carboxylic acids is 1. The van der Waals surface area contributed by atoms with Gasteiger partial charge in [0.2, 0.25) is 0 Å². The van der Waals surface area contributed by atoms with E-state index in [2.05, 4.69) is 5.10 Å². The number of aromatic nitrogens is 2. The Labute approximate surface area is 114 Å². The summed E-state index contributed by atoms with van der Waals surface area (Å²) in [4.78, 5) is 22.9. The van der Waals surface area contributed by atoms with Crippen LogP contribution in [0.5, 0.6) is 11.5 Å². The second-order valence-electron chi connectivity index (χ2n) is 4.08. The molecule has 0 unspecified atom stereocenters. The molecule has 0 amide bonds. The molecule has 7 nitrogen and oxygen atoms in total. The summed E-state index contributed by atoms with van der Waals surface area (Å²) < 4.78 is 11.5. The summed E-state index contributed by atoms with van der Waals surface area (Å²) in [6.07, 6.45) is 1.32. The highest BCUT2D eigenvalue weighted by Crippen LogP contribution is 2.32. The van der Waals surface area contributed by atoms with E-state index in [1.807, 2.05) is 0 Å².